The molecular formula is C14H18N2O3. The standard InChI is InChI=1S/C14H18N2O3/c1-9-7-10(12(17)18)3-4-11(9)16-13(19)15-8-14(2)5-6-14/h3-4,7H,5-6,8H2,1-2H3,(H,17,18)(H2,15,16,19). The normalized spacial score (nSPS) is 15.7. The van der Waals surface area contributed by atoms with Crippen LogP contribution < -0.4 is 10.6 Å². The molecular weight excluding hydrogens is 244 g/mol. The summed E-state index contributed by atoms with van der Waals surface area (Å²) in [6.07, 6.45) is 2.30. The maximum Gasteiger partial charge on any atom is 0.335 e. The van der Waals surface area contributed by atoms with Gasteiger partial charge in [-0.2, -0.15) is 0 Å². The lowest BCUT2D eigenvalue weighted by Crippen LogP contribution is -2.33. The van der Waals surface area contributed by atoms with Gasteiger partial charge in [0.1, 0.15) is 0 Å². The molecule has 1 saturated carbocycles. The zero-order valence-corrected chi connectivity index (χ0v) is 11.1. The molecule has 0 aliphatic heterocycles. The molecule has 0 heterocycles. The van der Waals surface area contributed by atoms with Crippen molar-refractivity contribution in [3.05, 3.63) is 29.3 Å². The van der Waals surface area contributed by atoms with Gasteiger partial charge < -0.3 is 15.7 Å². The Kier molecular flexibility index (Phi) is 3.46. The van der Waals surface area contributed by atoms with Gasteiger partial charge in [-0.25, -0.2) is 9.59 Å². The Morgan fingerprint density at radius 3 is 2.58 bits per heavy atom. The van der Waals surface area contributed by atoms with Crippen LogP contribution in [0.4, 0.5) is 10.5 Å². The molecule has 0 radical (unpaired) electrons. The Labute approximate surface area is 112 Å². The van der Waals surface area contributed by atoms with Gasteiger partial charge in [0.15, 0.2) is 0 Å². The van der Waals surface area contributed by atoms with Crippen LogP contribution in [0.15, 0.2) is 18.2 Å². The van der Waals surface area contributed by atoms with E-state index in [2.05, 4.69) is 17.6 Å². The fourth-order valence-corrected chi connectivity index (χ4v) is 1.79. The molecule has 0 bridgehead atoms. The third-order valence-corrected chi connectivity index (χ3v) is 3.50. The van der Waals surface area contributed by atoms with Crippen LogP contribution >= 0.6 is 0 Å². The van der Waals surface area contributed by atoms with E-state index in [1.807, 2.05) is 0 Å². The van der Waals surface area contributed by atoms with Gasteiger partial charge in [-0.05, 0) is 48.9 Å². The minimum Gasteiger partial charge on any atom is -0.478 e. The summed E-state index contributed by atoms with van der Waals surface area (Å²) in [5.74, 6) is -0.972. The number of urea groups is 1. The Morgan fingerprint density at radius 2 is 2.05 bits per heavy atom. The second-order valence-electron chi connectivity index (χ2n) is 5.45. The quantitative estimate of drug-likeness (QED) is 0.780. The van der Waals surface area contributed by atoms with Gasteiger partial charge >= 0.3 is 12.0 Å². The summed E-state index contributed by atoms with van der Waals surface area (Å²) in [5.41, 5.74) is 1.84. The van der Waals surface area contributed by atoms with Crippen molar-refractivity contribution in [3.8, 4) is 0 Å². The highest BCUT2D eigenvalue weighted by molar-refractivity contribution is 5.92. The minimum absolute atomic E-state index is 0.217. The fraction of sp³-hybridized carbons (Fsp3) is 0.429. The summed E-state index contributed by atoms with van der Waals surface area (Å²) in [6, 6.07) is 4.38. The lowest BCUT2D eigenvalue weighted by molar-refractivity contribution is 0.0697. The van der Waals surface area contributed by atoms with E-state index >= 15 is 0 Å². The molecule has 0 saturated heterocycles. The van der Waals surface area contributed by atoms with Crippen LogP contribution in [0.5, 0.6) is 0 Å². The predicted molar refractivity (Wildman–Crippen MR) is 72.5 cm³/mol. The molecule has 0 aromatic heterocycles. The third kappa shape index (κ3) is 3.47. The minimum atomic E-state index is -0.972. The zero-order valence-electron chi connectivity index (χ0n) is 11.1. The number of amides is 2. The number of nitrogens with one attached hydrogen (secondary N) is 2. The maximum atomic E-state index is 11.7. The Bertz CT molecular complexity index is 521. The van der Waals surface area contributed by atoms with Gasteiger partial charge in [-0.3, -0.25) is 0 Å². The van der Waals surface area contributed by atoms with Gasteiger partial charge in [0, 0.05) is 12.2 Å². The van der Waals surface area contributed by atoms with E-state index in [9.17, 15) is 9.59 Å². The first-order valence-electron chi connectivity index (χ1n) is 6.28. The lowest BCUT2D eigenvalue weighted by Gasteiger charge is -2.13. The van der Waals surface area contributed by atoms with E-state index in [0.29, 0.717) is 12.2 Å². The van der Waals surface area contributed by atoms with Crippen LogP contribution in [0.1, 0.15) is 35.7 Å². The number of anilines is 1. The summed E-state index contributed by atoms with van der Waals surface area (Å²) >= 11 is 0. The second kappa shape index (κ2) is 4.91. The molecule has 2 amide bonds. The van der Waals surface area contributed by atoms with Crippen molar-refractivity contribution in [1.29, 1.82) is 0 Å². The molecule has 5 heteroatoms. The number of carbonyl (C=O) groups is 2. The SMILES string of the molecule is Cc1cc(C(=O)O)ccc1NC(=O)NCC1(C)CC1. The molecule has 2 rings (SSSR count). The Balaban J connectivity index is 1.94. The van der Waals surface area contributed by atoms with Crippen molar-refractivity contribution < 1.29 is 14.7 Å². The summed E-state index contributed by atoms with van der Waals surface area (Å²) in [4.78, 5) is 22.5. The molecule has 1 aliphatic carbocycles. The lowest BCUT2D eigenvalue weighted by atomic mass is 10.1. The molecule has 0 atom stereocenters. The third-order valence-electron chi connectivity index (χ3n) is 3.50. The fourth-order valence-electron chi connectivity index (χ4n) is 1.79. The van der Waals surface area contributed by atoms with Crippen molar-refractivity contribution in [2.75, 3.05) is 11.9 Å². The number of aromatic carboxylic acids is 1. The van der Waals surface area contributed by atoms with Gasteiger partial charge in [0.05, 0.1) is 5.56 Å². The van der Waals surface area contributed by atoms with Crippen LogP contribution in [-0.2, 0) is 0 Å². The highest BCUT2D eigenvalue weighted by Gasteiger charge is 2.37. The van der Waals surface area contributed by atoms with E-state index in [0.717, 1.165) is 18.4 Å². The molecule has 102 valence electrons. The van der Waals surface area contributed by atoms with Gasteiger partial charge in [0.2, 0.25) is 0 Å². The largest absolute Gasteiger partial charge is 0.478 e. The monoisotopic (exact) mass is 262 g/mol. The average molecular weight is 262 g/mol. The van der Waals surface area contributed by atoms with Crippen LogP contribution in [0.2, 0.25) is 0 Å². The molecule has 1 aliphatic rings. The molecule has 0 unspecified atom stereocenters. The number of aryl methyl sites for hydroxylation is 1. The number of carboxylic acids is 1. The zero-order chi connectivity index (χ0) is 14.0. The number of rotatable bonds is 4. The van der Waals surface area contributed by atoms with Gasteiger partial charge in [-0.15, -0.1) is 0 Å². The van der Waals surface area contributed by atoms with Crippen molar-refractivity contribution >= 4 is 17.7 Å². The Hall–Kier alpha value is -2.04. The van der Waals surface area contributed by atoms with Gasteiger partial charge in [-0.1, -0.05) is 6.92 Å². The van der Waals surface area contributed by atoms with E-state index in [-0.39, 0.29) is 17.0 Å². The van der Waals surface area contributed by atoms with E-state index in [4.69, 9.17) is 5.11 Å². The van der Waals surface area contributed by atoms with Crippen LogP contribution in [-0.4, -0.2) is 23.7 Å². The van der Waals surface area contributed by atoms with Crippen molar-refractivity contribution in [1.82, 2.24) is 5.32 Å². The predicted octanol–water partition coefficient (Wildman–Crippen LogP) is 2.61. The maximum absolute atomic E-state index is 11.7. The average Bonchev–Trinajstić information content (AvgIpc) is 3.08. The number of hydrogen-bond acceptors (Lipinski definition) is 2. The molecule has 5 nitrogen and oxygen atoms in total. The molecule has 1 aromatic carbocycles. The van der Waals surface area contributed by atoms with Crippen molar-refractivity contribution in [2.24, 2.45) is 5.41 Å². The van der Waals surface area contributed by atoms with Crippen molar-refractivity contribution in [3.63, 3.8) is 0 Å². The summed E-state index contributed by atoms with van der Waals surface area (Å²) in [5, 5.41) is 14.4. The molecule has 19 heavy (non-hydrogen) atoms. The summed E-state index contributed by atoms with van der Waals surface area (Å²) < 4.78 is 0. The van der Waals surface area contributed by atoms with Crippen LogP contribution in [0, 0.1) is 12.3 Å². The first kappa shape index (κ1) is 13.4. The van der Waals surface area contributed by atoms with Crippen molar-refractivity contribution in [2.45, 2.75) is 26.7 Å². The Morgan fingerprint density at radius 1 is 1.37 bits per heavy atom. The smallest absolute Gasteiger partial charge is 0.335 e. The highest BCUT2D eigenvalue weighted by atomic mass is 16.4. The van der Waals surface area contributed by atoms with E-state index < -0.39 is 5.97 Å². The second-order valence-corrected chi connectivity index (χ2v) is 5.45. The first-order chi connectivity index (χ1) is 8.89. The highest BCUT2D eigenvalue weighted by Crippen LogP contribution is 2.44. The summed E-state index contributed by atoms with van der Waals surface area (Å²) in [6.45, 7) is 4.58. The van der Waals surface area contributed by atoms with E-state index in [1.165, 1.54) is 6.07 Å². The number of carboxylic acid groups (broad SMARTS) is 1. The summed E-state index contributed by atoms with van der Waals surface area (Å²) in [7, 11) is 0. The molecule has 0 spiro atoms. The molecule has 1 aromatic rings. The van der Waals surface area contributed by atoms with Crippen LogP contribution in [0.3, 0.4) is 0 Å². The molecule has 1 fully saturated rings. The molecule has 3 N–H and O–H groups in total. The number of hydrogen-bond donors (Lipinski definition) is 3. The van der Waals surface area contributed by atoms with Crippen LogP contribution in [0.25, 0.3) is 0 Å². The number of benzene rings is 1. The van der Waals surface area contributed by atoms with Gasteiger partial charge in [0.25, 0.3) is 0 Å². The topological polar surface area (TPSA) is 78.4 Å². The van der Waals surface area contributed by atoms with E-state index in [1.54, 1.807) is 19.1 Å². The number of carbonyl (C=O) groups excluding carboxylic acids is 1. The first-order valence-corrected chi connectivity index (χ1v) is 6.28.